The fourth-order valence-corrected chi connectivity index (χ4v) is 4.33. The van der Waals surface area contributed by atoms with Crippen LogP contribution in [-0.2, 0) is 4.79 Å². The summed E-state index contributed by atoms with van der Waals surface area (Å²) >= 11 is 5.99. The molecule has 1 saturated heterocycles. The number of benzene rings is 3. The number of nitrogens with zero attached hydrogens (tertiary/aromatic N) is 2. The highest BCUT2D eigenvalue weighted by molar-refractivity contribution is 6.30. The third-order valence-corrected chi connectivity index (χ3v) is 6.59. The highest BCUT2D eigenvalue weighted by atomic mass is 35.5. The largest absolute Gasteiger partial charge is 0.508 e. The Morgan fingerprint density at radius 3 is 2.05 bits per heavy atom. The Hall–Kier alpha value is -3.81. The van der Waals surface area contributed by atoms with Gasteiger partial charge < -0.3 is 25.5 Å². The second-order valence-corrected chi connectivity index (χ2v) is 9.55. The Balaban J connectivity index is 1.62. The summed E-state index contributed by atoms with van der Waals surface area (Å²) in [4.78, 5) is 17.8. The van der Waals surface area contributed by atoms with Crippen molar-refractivity contribution in [3.05, 3.63) is 89.3 Å². The van der Waals surface area contributed by atoms with Crippen molar-refractivity contribution < 1.29 is 14.6 Å². The van der Waals surface area contributed by atoms with Crippen LogP contribution in [0.3, 0.4) is 0 Å². The number of nitrogens with one attached hydrogen (secondary N) is 2. The van der Waals surface area contributed by atoms with Crippen molar-refractivity contribution in [2.75, 3.05) is 31.5 Å². The lowest BCUT2D eigenvalue weighted by Crippen LogP contribution is -2.49. The molecule has 1 aliphatic rings. The molecule has 0 saturated carbocycles. The fourth-order valence-electron chi connectivity index (χ4n) is 4.20. The molecule has 37 heavy (non-hydrogen) atoms. The van der Waals surface area contributed by atoms with E-state index in [-0.39, 0.29) is 11.5 Å². The molecule has 8 heteroatoms. The van der Waals surface area contributed by atoms with Crippen LogP contribution in [-0.4, -0.2) is 59.2 Å². The molecule has 4 rings (SSSR count). The molecule has 1 aliphatic heterocycles. The van der Waals surface area contributed by atoms with Crippen LogP contribution in [0.4, 0.5) is 5.69 Å². The first-order valence-electron chi connectivity index (χ1n) is 12.2. The minimum Gasteiger partial charge on any atom is -0.508 e. The summed E-state index contributed by atoms with van der Waals surface area (Å²) in [7, 11) is 0. The maximum absolute atomic E-state index is 13.4. The van der Waals surface area contributed by atoms with Gasteiger partial charge in [-0.1, -0.05) is 35.9 Å². The van der Waals surface area contributed by atoms with Gasteiger partial charge >= 0.3 is 0 Å². The van der Waals surface area contributed by atoms with Gasteiger partial charge in [0.25, 0.3) is 5.91 Å². The van der Waals surface area contributed by atoms with Gasteiger partial charge in [0.05, 0.1) is 0 Å². The van der Waals surface area contributed by atoms with E-state index in [9.17, 15) is 9.90 Å². The zero-order valence-electron chi connectivity index (χ0n) is 20.9. The van der Waals surface area contributed by atoms with Gasteiger partial charge in [-0.05, 0) is 73.5 Å². The van der Waals surface area contributed by atoms with Crippen molar-refractivity contribution in [1.29, 1.82) is 5.41 Å². The minimum atomic E-state index is -0.449. The maximum Gasteiger partial charge on any atom is 0.293 e. The average molecular weight is 519 g/mol. The van der Waals surface area contributed by atoms with Gasteiger partial charge in [0, 0.05) is 49.1 Å². The van der Waals surface area contributed by atoms with Gasteiger partial charge in [-0.15, -0.1) is 0 Å². The number of hydrogen-bond donors (Lipinski definition) is 3. The van der Waals surface area contributed by atoms with Gasteiger partial charge in [-0.25, -0.2) is 0 Å². The number of amides is 1. The molecule has 0 unspecified atom stereocenters. The number of phenolic OH excluding ortho intramolecular Hbond substituents is 1. The van der Waals surface area contributed by atoms with Crippen molar-refractivity contribution in [1.82, 2.24) is 9.80 Å². The third kappa shape index (κ3) is 6.70. The summed E-state index contributed by atoms with van der Waals surface area (Å²) in [5.74, 6) is 0.289. The molecule has 0 aliphatic carbocycles. The third-order valence-electron chi connectivity index (χ3n) is 6.34. The van der Waals surface area contributed by atoms with Gasteiger partial charge in [0.1, 0.15) is 17.2 Å². The van der Waals surface area contributed by atoms with E-state index in [1.165, 1.54) is 6.21 Å². The van der Waals surface area contributed by atoms with E-state index in [1.807, 2.05) is 29.2 Å². The quantitative estimate of drug-likeness (QED) is 0.205. The molecular formula is C29H31ClN4O3. The van der Waals surface area contributed by atoms with Crippen LogP contribution in [0.25, 0.3) is 11.1 Å². The standard InChI is InChI=1S/C29H31ClN4O3/c1-20(2)33-15-17-34(18-16-33)27(19-31)28(29(36)32-24-9-7-23(30)8-10-24)37-26-13-5-22(6-14-26)21-3-11-25(35)12-4-21/h3-14,19-20,31,35H,15-18H2,1-2H3,(H,32,36)/b28-27-,31-19?. The van der Waals surface area contributed by atoms with Crippen LogP contribution in [0, 0.1) is 5.41 Å². The van der Waals surface area contributed by atoms with Crippen molar-refractivity contribution in [2.24, 2.45) is 0 Å². The van der Waals surface area contributed by atoms with Crippen LogP contribution < -0.4 is 10.1 Å². The second-order valence-electron chi connectivity index (χ2n) is 9.11. The average Bonchev–Trinajstić information content (AvgIpc) is 2.91. The molecule has 0 bridgehead atoms. The summed E-state index contributed by atoms with van der Waals surface area (Å²) in [5, 5.41) is 21.1. The van der Waals surface area contributed by atoms with Crippen molar-refractivity contribution in [3.8, 4) is 22.6 Å². The van der Waals surface area contributed by atoms with Crippen LogP contribution in [0.15, 0.2) is 84.3 Å². The van der Waals surface area contributed by atoms with Crippen LogP contribution >= 0.6 is 11.6 Å². The molecule has 0 atom stereocenters. The lowest BCUT2D eigenvalue weighted by molar-refractivity contribution is -0.115. The summed E-state index contributed by atoms with van der Waals surface area (Å²) in [6.07, 6.45) is 1.19. The molecule has 7 nitrogen and oxygen atoms in total. The van der Waals surface area contributed by atoms with Crippen LogP contribution in [0.2, 0.25) is 5.02 Å². The Kier molecular flexibility index (Phi) is 8.48. The first-order valence-corrected chi connectivity index (χ1v) is 12.6. The normalized spacial score (nSPS) is 14.8. The molecule has 1 fully saturated rings. The monoisotopic (exact) mass is 518 g/mol. The number of anilines is 1. The van der Waals surface area contributed by atoms with E-state index in [0.29, 0.717) is 41.3 Å². The molecular weight excluding hydrogens is 488 g/mol. The smallest absolute Gasteiger partial charge is 0.293 e. The van der Waals surface area contributed by atoms with Gasteiger partial charge in [0.2, 0.25) is 5.76 Å². The number of carbonyl (C=O) groups is 1. The Morgan fingerprint density at radius 2 is 1.51 bits per heavy atom. The fraction of sp³-hybridized carbons (Fsp3) is 0.241. The molecule has 1 amide bonds. The van der Waals surface area contributed by atoms with E-state index in [0.717, 1.165) is 24.2 Å². The summed E-state index contributed by atoms with van der Waals surface area (Å²) in [6, 6.07) is 21.6. The number of piperazine rings is 1. The van der Waals surface area contributed by atoms with Gasteiger partial charge in [0.15, 0.2) is 0 Å². The second kappa shape index (κ2) is 12.0. The molecule has 0 spiro atoms. The number of rotatable bonds is 8. The van der Waals surface area contributed by atoms with E-state index in [4.69, 9.17) is 21.7 Å². The Labute approximate surface area is 222 Å². The van der Waals surface area contributed by atoms with Crippen molar-refractivity contribution >= 4 is 29.4 Å². The highest BCUT2D eigenvalue weighted by Crippen LogP contribution is 2.26. The Bertz CT molecular complexity index is 1250. The molecule has 1 heterocycles. The summed E-state index contributed by atoms with van der Waals surface area (Å²) in [6.45, 7) is 7.37. The number of carbonyl (C=O) groups excluding carboxylic acids is 1. The lowest BCUT2D eigenvalue weighted by atomic mass is 10.1. The number of ether oxygens (including phenoxy) is 1. The van der Waals surface area contributed by atoms with Crippen LogP contribution in [0.1, 0.15) is 13.8 Å². The lowest BCUT2D eigenvalue weighted by Gasteiger charge is -2.38. The summed E-state index contributed by atoms with van der Waals surface area (Å²) in [5.41, 5.74) is 2.90. The van der Waals surface area contributed by atoms with E-state index < -0.39 is 5.91 Å². The topological polar surface area (TPSA) is 88.9 Å². The van der Waals surface area contributed by atoms with E-state index in [2.05, 4.69) is 24.1 Å². The number of aromatic hydroxyl groups is 1. The van der Waals surface area contributed by atoms with Gasteiger partial charge in [-0.2, -0.15) is 0 Å². The summed E-state index contributed by atoms with van der Waals surface area (Å²) < 4.78 is 6.16. The highest BCUT2D eigenvalue weighted by Gasteiger charge is 2.26. The number of hydrogen-bond acceptors (Lipinski definition) is 6. The van der Waals surface area contributed by atoms with Crippen LogP contribution in [0.5, 0.6) is 11.5 Å². The van der Waals surface area contributed by atoms with E-state index >= 15 is 0 Å². The van der Waals surface area contributed by atoms with Gasteiger partial charge in [-0.3, -0.25) is 9.69 Å². The molecule has 3 N–H and O–H groups in total. The van der Waals surface area contributed by atoms with Crippen molar-refractivity contribution in [2.45, 2.75) is 19.9 Å². The molecule has 192 valence electrons. The molecule has 3 aromatic rings. The zero-order valence-corrected chi connectivity index (χ0v) is 21.7. The van der Waals surface area contributed by atoms with E-state index in [1.54, 1.807) is 48.5 Å². The molecule has 0 radical (unpaired) electrons. The number of phenols is 1. The van der Waals surface area contributed by atoms with Crippen molar-refractivity contribution in [3.63, 3.8) is 0 Å². The predicted molar refractivity (Wildman–Crippen MR) is 148 cm³/mol. The minimum absolute atomic E-state index is 0.0559. The zero-order chi connectivity index (χ0) is 26.4. The first kappa shape index (κ1) is 26.3. The number of halogens is 1. The predicted octanol–water partition coefficient (Wildman–Crippen LogP) is 5.62. The maximum atomic E-state index is 13.4. The first-order chi connectivity index (χ1) is 17.8. The molecule has 3 aromatic carbocycles. The number of allylic oxidation sites excluding steroid dienone is 1. The molecule has 0 aromatic heterocycles. The SMILES string of the molecule is CC(C)N1CCN(/C(C=N)=C(\Oc2ccc(-c3ccc(O)cc3)cc2)C(=O)Nc2ccc(Cl)cc2)CC1. The Morgan fingerprint density at radius 1 is 0.946 bits per heavy atom.